The van der Waals surface area contributed by atoms with E-state index in [9.17, 15) is 0 Å². The van der Waals surface area contributed by atoms with Crippen molar-refractivity contribution >= 4 is 11.3 Å². The molecule has 1 aliphatic rings. The normalized spacial score (nSPS) is 18.6. The van der Waals surface area contributed by atoms with Crippen LogP contribution in [0.3, 0.4) is 0 Å². The van der Waals surface area contributed by atoms with Gasteiger partial charge < -0.3 is 10.6 Å². The minimum absolute atomic E-state index is 0.101. The lowest BCUT2D eigenvalue weighted by atomic mass is 9.91. The van der Waals surface area contributed by atoms with Crippen molar-refractivity contribution in [1.29, 1.82) is 0 Å². The fourth-order valence-corrected chi connectivity index (χ4v) is 3.92. The summed E-state index contributed by atoms with van der Waals surface area (Å²) in [4.78, 5) is 8.71. The second kappa shape index (κ2) is 6.54. The molecule has 0 spiro atoms. The highest BCUT2D eigenvalue weighted by atomic mass is 32.1. The summed E-state index contributed by atoms with van der Waals surface area (Å²) in [6.45, 7) is 13.3. The number of aromatic nitrogens is 1. The number of rotatable bonds is 4. The van der Waals surface area contributed by atoms with Crippen LogP contribution in [0.2, 0.25) is 0 Å². The molecular formula is C16H29N3S. The van der Waals surface area contributed by atoms with Crippen molar-refractivity contribution in [3.05, 3.63) is 15.6 Å². The van der Waals surface area contributed by atoms with Crippen LogP contribution >= 0.6 is 11.3 Å². The van der Waals surface area contributed by atoms with Crippen molar-refractivity contribution in [3.8, 4) is 0 Å². The first kappa shape index (κ1) is 15.9. The van der Waals surface area contributed by atoms with Gasteiger partial charge in [0.15, 0.2) is 0 Å². The molecule has 0 atom stereocenters. The molecule has 1 aromatic heterocycles. The summed E-state index contributed by atoms with van der Waals surface area (Å²) in [7, 11) is 0. The summed E-state index contributed by atoms with van der Waals surface area (Å²) in [6.07, 6.45) is 3.76. The molecule has 0 aromatic carbocycles. The zero-order valence-electron chi connectivity index (χ0n) is 13.4. The van der Waals surface area contributed by atoms with Gasteiger partial charge in [-0.15, -0.1) is 11.3 Å². The molecule has 0 aliphatic carbocycles. The van der Waals surface area contributed by atoms with Crippen LogP contribution < -0.4 is 5.73 Å². The molecule has 2 heterocycles. The minimum Gasteiger partial charge on any atom is -0.326 e. The Hall–Kier alpha value is -0.450. The third kappa shape index (κ3) is 4.03. The fraction of sp³-hybridized carbons (Fsp3) is 0.812. The highest BCUT2D eigenvalue weighted by molar-refractivity contribution is 7.11. The van der Waals surface area contributed by atoms with E-state index in [4.69, 9.17) is 10.7 Å². The molecule has 4 heteroatoms. The van der Waals surface area contributed by atoms with Crippen molar-refractivity contribution in [2.24, 2.45) is 11.7 Å². The van der Waals surface area contributed by atoms with Crippen LogP contribution in [0.25, 0.3) is 0 Å². The third-order valence-electron chi connectivity index (χ3n) is 4.16. The van der Waals surface area contributed by atoms with Gasteiger partial charge in [0.25, 0.3) is 0 Å². The van der Waals surface area contributed by atoms with E-state index in [0.717, 1.165) is 18.9 Å². The van der Waals surface area contributed by atoms with Gasteiger partial charge in [0, 0.05) is 29.8 Å². The van der Waals surface area contributed by atoms with E-state index in [2.05, 4.69) is 32.6 Å². The maximum absolute atomic E-state index is 5.87. The fourth-order valence-electron chi connectivity index (χ4n) is 2.77. The summed E-state index contributed by atoms with van der Waals surface area (Å²) < 4.78 is 0. The number of thiazole rings is 1. The molecule has 0 amide bonds. The lowest BCUT2D eigenvalue weighted by molar-refractivity contribution is 0.194. The van der Waals surface area contributed by atoms with Crippen LogP contribution in [-0.4, -0.2) is 29.5 Å². The van der Waals surface area contributed by atoms with Gasteiger partial charge in [0.2, 0.25) is 0 Å². The lowest BCUT2D eigenvalue weighted by Crippen LogP contribution is -2.34. The third-order valence-corrected chi connectivity index (χ3v) is 5.29. The van der Waals surface area contributed by atoms with Crippen molar-refractivity contribution in [2.75, 3.05) is 19.6 Å². The molecule has 1 aliphatic heterocycles. The Morgan fingerprint density at radius 2 is 1.95 bits per heavy atom. The van der Waals surface area contributed by atoms with Crippen LogP contribution in [-0.2, 0) is 18.4 Å². The maximum Gasteiger partial charge on any atom is 0.0944 e. The number of piperidine rings is 1. The van der Waals surface area contributed by atoms with Crippen molar-refractivity contribution in [1.82, 2.24) is 9.88 Å². The number of likely N-dealkylation sites (tertiary alicyclic amines) is 1. The standard InChI is InChI=1S/C16H29N3S/c1-12-5-8-19(9-6-12)10-7-14-18-15(16(2,3)4)13(11-17)20-14/h12H,5-11,17H2,1-4H3. The van der Waals surface area contributed by atoms with Gasteiger partial charge in [-0.2, -0.15) is 0 Å². The first-order valence-electron chi connectivity index (χ1n) is 7.81. The maximum atomic E-state index is 5.87. The highest BCUT2D eigenvalue weighted by Gasteiger charge is 2.23. The van der Waals surface area contributed by atoms with Gasteiger partial charge in [0.1, 0.15) is 0 Å². The zero-order chi connectivity index (χ0) is 14.8. The van der Waals surface area contributed by atoms with Gasteiger partial charge in [-0.25, -0.2) is 4.98 Å². The smallest absolute Gasteiger partial charge is 0.0944 e. The second-order valence-corrected chi connectivity index (χ2v) is 8.28. The van der Waals surface area contributed by atoms with Gasteiger partial charge in [-0.1, -0.05) is 27.7 Å². The summed E-state index contributed by atoms with van der Waals surface area (Å²) in [5.74, 6) is 0.905. The number of hydrogen-bond acceptors (Lipinski definition) is 4. The number of nitrogens with two attached hydrogens (primary N) is 1. The SMILES string of the molecule is CC1CCN(CCc2nc(C(C)(C)C)c(CN)s2)CC1. The molecule has 1 aromatic rings. The first-order chi connectivity index (χ1) is 9.40. The van der Waals surface area contributed by atoms with E-state index in [-0.39, 0.29) is 5.41 Å². The van der Waals surface area contributed by atoms with Crippen molar-refractivity contribution in [2.45, 2.75) is 58.9 Å². The second-order valence-electron chi connectivity index (χ2n) is 7.11. The van der Waals surface area contributed by atoms with Crippen LogP contribution in [0, 0.1) is 5.92 Å². The Labute approximate surface area is 127 Å². The Morgan fingerprint density at radius 3 is 2.45 bits per heavy atom. The quantitative estimate of drug-likeness (QED) is 0.927. The Balaban J connectivity index is 1.95. The van der Waals surface area contributed by atoms with E-state index in [1.165, 1.54) is 41.5 Å². The monoisotopic (exact) mass is 295 g/mol. The molecule has 2 rings (SSSR count). The molecule has 3 nitrogen and oxygen atoms in total. The molecule has 0 bridgehead atoms. The Morgan fingerprint density at radius 1 is 1.30 bits per heavy atom. The summed E-state index contributed by atoms with van der Waals surface area (Å²) >= 11 is 1.81. The average Bonchev–Trinajstić information content (AvgIpc) is 2.81. The first-order valence-corrected chi connectivity index (χ1v) is 8.63. The van der Waals surface area contributed by atoms with Gasteiger partial charge >= 0.3 is 0 Å². The van der Waals surface area contributed by atoms with Gasteiger partial charge in [-0.05, 0) is 31.8 Å². The average molecular weight is 295 g/mol. The van der Waals surface area contributed by atoms with E-state index in [1.54, 1.807) is 0 Å². The predicted octanol–water partition coefficient (Wildman–Crippen LogP) is 3.17. The number of hydrogen-bond donors (Lipinski definition) is 1. The summed E-state index contributed by atoms with van der Waals surface area (Å²) in [5, 5.41) is 1.26. The van der Waals surface area contributed by atoms with Crippen LogP contribution in [0.4, 0.5) is 0 Å². The molecule has 2 N–H and O–H groups in total. The molecule has 0 radical (unpaired) electrons. The van der Waals surface area contributed by atoms with E-state index >= 15 is 0 Å². The topological polar surface area (TPSA) is 42.2 Å². The predicted molar refractivity (Wildman–Crippen MR) is 87.2 cm³/mol. The molecular weight excluding hydrogens is 266 g/mol. The van der Waals surface area contributed by atoms with Crippen molar-refractivity contribution in [3.63, 3.8) is 0 Å². The Kier molecular flexibility index (Phi) is 5.21. The van der Waals surface area contributed by atoms with E-state index in [1.807, 2.05) is 11.3 Å². The molecule has 0 unspecified atom stereocenters. The van der Waals surface area contributed by atoms with E-state index in [0.29, 0.717) is 6.54 Å². The lowest BCUT2D eigenvalue weighted by Gasteiger charge is -2.29. The van der Waals surface area contributed by atoms with Crippen molar-refractivity contribution < 1.29 is 0 Å². The highest BCUT2D eigenvalue weighted by Crippen LogP contribution is 2.29. The molecule has 1 saturated heterocycles. The van der Waals surface area contributed by atoms with E-state index < -0.39 is 0 Å². The number of nitrogens with zero attached hydrogens (tertiary/aromatic N) is 2. The van der Waals surface area contributed by atoms with Crippen LogP contribution in [0.5, 0.6) is 0 Å². The molecule has 1 fully saturated rings. The van der Waals surface area contributed by atoms with Gasteiger partial charge in [-0.3, -0.25) is 0 Å². The molecule has 20 heavy (non-hydrogen) atoms. The van der Waals surface area contributed by atoms with Gasteiger partial charge in [0.05, 0.1) is 10.7 Å². The van der Waals surface area contributed by atoms with Crippen LogP contribution in [0.15, 0.2) is 0 Å². The molecule has 114 valence electrons. The van der Waals surface area contributed by atoms with Crippen LogP contribution in [0.1, 0.15) is 56.1 Å². The molecule has 0 saturated carbocycles. The summed E-state index contributed by atoms with van der Waals surface area (Å²) in [6, 6.07) is 0. The minimum atomic E-state index is 0.101. The Bertz CT molecular complexity index is 425. The zero-order valence-corrected chi connectivity index (χ0v) is 14.2. The largest absolute Gasteiger partial charge is 0.326 e. The summed E-state index contributed by atoms with van der Waals surface area (Å²) in [5.41, 5.74) is 7.18.